The van der Waals surface area contributed by atoms with E-state index in [0.717, 1.165) is 5.56 Å². The van der Waals surface area contributed by atoms with Crippen LogP contribution in [0, 0.1) is 4.91 Å². The van der Waals surface area contributed by atoms with Gasteiger partial charge >= 0.3 is 0 Å². The van der Waals surface area contributed by atoms with E-state index < -0.39 is 6.17 Å². The van der Waals surface area contributed by atoms with E-state index in [1.807, 2.05) is 0 Å². The van der Waals surface area contributed by atoms with Crippen molar-refractivity contribution in [3.8, 4) is 0 Å². The molecule has 1 aromatic carbocycles. The number of hydrogen-bond acceptors (Lipinski definition) is 3. The van der Waals surface area contributed by atoms with Crippen LogP contribution in [0.1, 0.15) is 5.56 Å². The molecule has 1 atom stereocenters. The summed E-state index contributed by atoms with van der Waals surface area (Å²) < 4.78 is 0. The van der Waals surface area contributed by atoms with Crippen LogP contribution in [-0.4, -0.2) is 6.17 Å². The molecule has 5 heteroatoms. The lowest BCUT2D eigenvalue weighted by Gasteiger charge is -2.06. The highest BCUT2D eigenvalue weighted by Crippen LogP contribution is 2.26. The third-order valence-corrected chi connectivity index (χ3v) is 2.45. The smallest absolute Gasteiger partial charge is 0.143 e. The molecular weight excluding hydrogens is 211 g/mol. The molecule has 0 saturated carbocycles. The lowest BCUT2D eigenvalue weighted by atomic mass is 10.1. The van der Waals surface area contributed by atoms with Crippen molar-refractivity contribution < 1.29 is 0 Å². The van der Waals surface area contributed by atoms with Crippen LogP contribution in [-0.2, 0) is 6.42 Å². The predicted molar refractivity (Wildman–Crippen MR) is 53.9 cm³/mol. The number of nitroso groups, excluding NO2 is 1. The largest absolute Gasteiger partial charge is 0.307 e. The summed E-state index contributed by atoms with van der Waals surface area (Å²) >= 11 is 11.6. The molecule has 0 unspecified atom stereocenters. The average Bonchev–Trinajstić information content (AvgIpc) is 2.13. The van der Waals surface area contributed by atoms with Crippen LogP contribution in [0.15, 0.2) is 23.4 Å². The van der Waals surface area contributed by atoms with Crippen LogP contribution in [0.25, 0.3) is 0 Å². The number of nitrogens with two attached hydrogens (primary N) is 1. The summed E-state index contributed by atoms with van der Waals surface area (Å²) in [6.45, 7) is 0. The first-order valence-electron chi connectivity index (χ1n) is 3.66. The number of halogens is 2. The van der Waals surface area contributed by atoms with Gasteiger partial charge in [-0.25, -0.2) is 0 Å². The van der Waals surface area contributed by atoms with Crippen LogP contribution in [0.3, 0.4) is 0 Å². The number of rotatable bonds is 3. The molecule has 0 aliphatic carbocycles. The standard InChI is InChI=1S/C8H8Cl2N2O/c9-6-3-1-2-5(8(6)10)4-7(11)12-13/h1-3,7H,4,11H2/t7-/m1/s1. The van der Waals surface area contributed by atoms with E-state index in [1.54, 1.807) is 18.2 Å². The van der Waals surface area contributed by atoms with Gasteiger partial charge in [-0.1, -0.05) is 40.5 Å². The van der Waals surface area contributed by atoms with Crippen molar-refractivity contribution in [2.75, 3.05) is 0 Å². The van der Waals surface area contributed by atoms with Gasteiger partial charge in [-0.2, -0.15) is 0 Å². The zero-order chi connectivity index (χ0) is 9.84. The van der Waals surface area contributed by atoms with Crippen LogP contribution >= 0.6 is 23.2 Å². The van der Waals surface area contributed by atoms with E-state index in [9.17, 15) is 4.91 Å². The van der Waals surface area contributed by atoms with Crippen LogP contribution in [0.2, 0.25) is 10.0 Å². The lowest BCUT2D eigenvalue weighted by Crippen LogP contribution is -2.19. The van der Waals surface area contributed by atoms with Crippen LogP contribution in [0.5, 0.6) is 0 Å². The first-order chi connectivity index (χ1) is 6.15. The molecule has 0 aromatic heterocycles. The number of benzene rings is 1. The third-order valence-electron chi connectivity index (χ3n) is 1.60. The highest BCUT2D eigenvalue weighted by molar-refractivity contribution is 6.42. The fraction of sp³-hybridized carbons (Fsp3) is 0.250. The zero-order valence-electron chi connectivity index (χ0n) is 6.71. The molecule has 2 N–H and O–H groups in total. The second kappa shape index (κ2) is 4.56. The molecule has 0 aliphatic rings. The molecule has 13 heavy (non-hydrogen) atoms. The molecule has 0 saturated heterocycles. The highest BCUT2D eigenvalue weighted by atomic mass is 35.5. The molecular formula is C8H8Cl2N2O. The van der Waals surface area contributed by atoms with Crippen LogP contribution in [0.4, 0.5) is 0 Å². The van der Waals surface area contributed by atoms with E-state index in [-0.39, 0.29) is 0 Å². The molecule has 0 bridgehead atoms. The average molecular weight is 219 g/mol. The van der Waals surface area contributed by atoms with Crippen LogP contribution < -0.4 is 5.73 Å². The maximum Gasteiger partial charge on any atom is 0.143 e. The van der Waals surface area contributed by atoms with Crippen molar-refractivity contribution in [3.05, 3.63) is 38.7 Å². The summed E-state index contributed by atoms with van der Waals surface area (Å²) in [5.41, 5.74) is 6.08. The summed E-state index contributed by atoms with van der Waals surface area (Å²) in [6, 6.07) is 5.19. The summed E-state index contributed by atoms with van der Waals surface area (Å²) in [5, 5.41) is 3.57. The molecule has 0 heterocycles. The minimum atomic E-state index is -0.768. The predicted octanol–water partition coefficient (Wildman–Crippen LogP) is 2.59. The van der Waals surface area contributed by atoms with Gasteiger partial charge in [0.05, 0.1) is 10.0 Å². The quantitative estimate of drug-likeness (QED) is 0.794. The van der Waals surface area contributed by atoms with E-state index in [4.69, 9.17) is 28.9 Å². The molecule has 1 aromatic rings. The Morgan fingerprint density at radius 2 is 2.15 bits per heavy atom. The van der Waals surface area contributed by atoms with Gasteiger partial charge in [0, 0.05) is 6.42 Å². The van der Waals surface area contributed by atoms with Crippen molar-refractivity contribution in [2.24, 2.45) is 10.9 Å². The Labute approximate surface area is 85.8 Å². The Balaban J connectivity index is 2.88. The lowest BCUT2D eigenvalue weighted by molar-refractivity contribution is 0.700. The normalized spacial score (nSPS) is 12.5. The van der Waals surface area contributed by atoms with E-state index in [2.05, 4.69) is 5.18 Å². The second-order valence-electron chi connectivity index (χ2n) is 2.59. The van der Waals surface area contributed by atoms with Gasteiger partial charge in [0.25, 0.3) is 0 Å². The van der Waals surface area contributed by atoms with Gasteiger partial charge < -0.3 is 5.73 Å². The second-order valence-corrected chi connectivity index (χ2v) is 3.37. The van der Waals surface area contributed by atoms with Crippen molar-refractivity contribution in [1.29, 1.82) is 0 Å². The minimum absolute atomic E-state index is 0.308. The minimum Gasteiger partial charge on any atom is -0.307 e. The summed E-state index contributed by atoms with van der Waals surface area (Å²) in [7, 11) is 0. The fourth-order valence-corrected chi connectivity index (χ4v) is 1.37. The molecule has 0 amide bonds. The van der Waals surface area contributed by atoms with Crippen molar-refractivity contribution in [3.63, 3.8) is 0 Å². The zero-order valence-corrected chi connectivity index (χ0v) is 8.22. The summed E-state index contributed by atoms with van der Waals surface area (Å²) in [6.07, 6.45) is -0.459. The highest BCUT2D eigenvalue weighted by Gasteiger charge is 2.08. The van der Waals surface area contributed by atoms with Gasteiger partial charge in [0.15, 0.2) is 0 Å². The first kappa shape index (κ1) is 10.4. The third kappa shape index (κ3) is 2.66. The van der Waals surface area contributed by atoms with E-state index in [0.29, 0.717) is 16.5 Å². The Bertz CT molecular complexity index is 317. The molecule has 0 aliphatic heterocycles. The maximum atomic E-state index is 10.1. The van der Waals surface area contributed by atoms with Gasteiger partial charge in [0.2, 0.25) is 0 Å². The molecule has 0 spiro atoms. The van der Waals surface area contributed by atoms with Gasteiger partial charge in [-0.05, 0) is 11.6 Å². The van der Waals surface area contributed by atoms with Crippen molar-refractivity contribution >= 4 is 23.2 Å². The van der Waals surface area contributed by atoms with Crippen molar-refractivity contribution in [1.82, 2.24) is 0 Å². The Hall–Kier alpha value is -0.640. The Morgan fingerprint density at radius 1 is 1.46 bits per heavy atom. The fourth-order valence-electron chi connectivity index (χ4n) is 0.969. The molecule has 0 fully saturated rings. The van der Waals surface area contributed by atoms with Gasteiger partial charge in [-0.15, -0.1) is 4.91 Å². The molecule has 70 valence electrons. The summed E-state index contributed by atoms with van der Waals surface area (Å²) in [4.78, 5) is 10.1. The number of nitrogens with zero attached hydrogens (tertiary/aromatic N) is 1. The van der Waals surface area contributed by atoms with Gasteiger partial charge in [-0.3, -0.25) is 0 Å². The van der Waals surface area contributed by atoms with Crippen molar-refractivity contribution in [2.45, 2.75) is 12.6 Å². The summed E-state index contributed by atoms with van der Waals surface area (Å²) in [5.74, 6) is 0. The first-order valence-corrected chi connectivity index (χ1v) is 4.41. The maximum absolute atomic E-state index is 10.1. The SMILES string of the molecule is N[C@@H](Cc1cccc(Cl)c1Cl)N=O. The van der Waals surface area contributed by atoms with Gasteiger partial charge in [0.1, 0.15) is 6.17 Å². The molecule has 3 nitrogen and oxygen atoms in total. The Kier molecular flexibility index (Phi) is 3.66. The Morgan fingerprint density at radius 3 is 2.77 bits per heavy atom. The number of hydrogen-bond donors (Lipinski definition) is 1. The molecule has 1 rings (SSSR count). The molecule has 0 radical (unpaired) electrons. The van der Waals surface area contributed by atoms with E-state index >= 15 is 0 Å². The topological polar surface area (TPSA) is 55.4 Å². The van der Waals surface area contributed by atoms with E-state index in [1.165, 1.54) is 0 Å². The monoisotopic (exact) mass is 218 g/mol.